The first-order valence-corrected chi connectivity index (χ1v) is 12.3. The van der Waals surface area contributed by atoms with E-state index in [-0.39, 0.29) is 11.7 Å². The maximum Gasteiger partial charge on any atom is 0.272 e. The van der Waals surface area contributed by atoms with Gasteiger partial charge in [-0.3, -0.25) is 9.69 Å². The molecule has 188 valence electrons. The van der Waals surface area contributed by atoms with E-state index in [0.29, 0.717) is 30.2 Å². The van der Waals surface area contributed by atoms with Crippen molar-refractivity contribution < 1.29 is 13.9 Å². The monoisotopic (exact) mass is 496 g/mol. The Balaban J connectivity index is 1.32. The zero-order valence-corrected chi connectivity index (χ0v) is 20.8. The van der Waals surface area contributed by atoms with Crippen molar-refractivity contribution in [2.24, 2.45) is 0 Å². The fraction of sp³-hybridized carbons (Fsp3) is 0.200. The molecule has 1 fully saturated rings. The lowest BCUT2D eigenvalue weighted by Crippen LogP contribution is -2.49. The van der Waals surface area contributed by atoms with Crippen LogP contribution in [0.3, 0.4) is 0 Å². The van der Waals surface area contributed by atoms with E-state index in [2.05, 4.69) is 29.2 Å². The Hall–Kier alpha value is -4.23. The summed E-state index contributed by atoms with van der Waals surface area (Å²) in [4.78, 5) is 17.9. The molecule has 5 rings (SSSR count). The standard InChI is InChI=1S/C30H29FN4O2/c1-37-27-15-9-24(10-16-27)28-22-29(35(32-28)26-13-11-25(31)12-14-26)30(36)34-20-18-33(19-21-34)17-5-8-23-6-3-2-4-7-23/h2-16,22H,17-21H2,1H3. The number of piperazine rings is 1. The highest BCUT2D eigenvalue weighted by Gasteiger charge is 2.26. The highest BCUT2D eigenvalue weighted by molar-refractivity contribution is 5.94. The number of nitrogens with zero attached hydrogens (tertiary/aromatic N) is 4. The lowest BCUT2D eigenvalue weighted by atomic mass is 10.1. The van der Waals surface area contributed by atoms with Crippen LogP contribution in [0.1, 0.15) is 16.1 Å². The zero-order chi connectivity index (χ0) is 25.6. The summed E-state index contributed by atoms with van der Waals surface area (Å²) in [5.74, 6) is 0.321. The molecule has 0 saturated carbocycles. The zero-order valence-electron chi connectivity index (χ0n) is 20.8. The molecule has 0 unspecified atom stereocenters. The molecule has 6 nitrogen and oxygen atoms in total. The molecule has 1 amide bonds. The van der Waals surface area contributed by atoms with Gasteiger partial charge in [-0.15, -0.1) is 0 Å². The number of hydrogen-bond donors (Lipinski definition) is 0. The average Bonchev–Trinajstić information content (AvgIpc) is 3.39. The van der Waals surface area contributed by atoms with Gasteiger partial charge >= 0.3 is 0 Å². The first kappa shape index (κ1) is 24.5. The third-order valence-electron chi connectivity index (χ3n) is 6.52. The van der Waals surface area contributed by atoms with Crippen molar-refractivity contribution in [1.82, 2.24) is 19.6 Å². The summed E-state index contributed by atoms with van der Waals surface area (Å²) in [6.45, 7) is 3.68. The molecule has 4 aromatic rings. The fourth-order valence-electron chi connectivity index (χ4n) is 4.41. The minimum absolute atomic E-state index is 0.0870. The van der Waals surface area contributed by atoms with Crippen molar-refractivity contribution in [2.45, 2.75) is 0 Å². The normalized spacial score (nSPS) is 14.3. The van der Waals surface area contributed by atoms with Gasteiger partial charge in [-0.1, -0.05) is 42.5 Å². The number of amides is 1. The molecule has 0 N–H and O–H groups in total. The SMILES string of the molecule is COc1ccc(-c2cc(C(=O)N3CCN(CC=Cc4ccccc4)CC3)n(-c3ccc(F)cc3)n2)cc1. The number of halogens is 1. The molecule has 1 aromatic heterocycles. The second kappa shape index (κ2) is 11.2. The van der Waals surface area contributed by atoms with Crippen LogP contribution in [0.4, 0.5) is 4.39 Å². The minimum atomic E-state index is -0.336. The van der Waals surface area contributed by atoms with Gasteiger partial charge in [0.2, 0.25) is 0 Å². The van der Waals surface area contributed by atoms with Gasteiger partial charge in [0, 0.05) is 38.3 Å². The molecular formula is C30H29FN4O2. The van der Waals surface area contributed by atoms with Crippen LogP contribution in [0.15, 0.2) is 91.0 Å². The summed E-state index contributed by atoms with van der Waals surface area (Å²) in [5, 5.41) is 4.72. The molecule has 1 aliphatic heterocycles. The Kier molecular flexibility index (Phi) is 7.42. The minimum Gasteiger partial charge on any atom is -0.497 e. The summed E-state index contributed by atoms with van der Waals surface area (Å²) < 4.78 is 20.5. The van der Waals surface area contributed by atoms with Gasteiger partial charge in [-0.05, 0) is 60.2 Å². The van der Waals surface area contributed by atoms with Crippen LogP contribution < -0.4 is 4.74 Å². The van der Waals surface area contributed by atoms with Gasteiger partial charge in [0.1, 0.15) is 17.3 Å². The Bertz CT molecular complexity index is 1360. The van der Waals surface area contributed by atoms with Gasteiger partial charge in [0.25, 0.3) is 5.91 Å². The third kappa shape index (κ3) is 5.78. The number of aromatic nitrogens is 2. The Morgan fingerprint density at radius 1 is 0.946 bits per heavy atom. The second-order valence-corrected chi connectivity index (χ2v) is 8.94. The molecule has 1 aliphatic rings. The number of benzene rings is 3. The van der Waals surface area contributed by atoms with Crippen molar-refractivity contribution in [2.75, 3.05) is 39.8 Å². The lowest BCUT2D eigenvalue weighted by molar-refractivity contribution is 0.0641. The van der Waals surface area contributed by atoms with Crippen molar-refractivity contribution in [3.8, 4) is 22.7 Å². The number of ether oxygens (including phenoxy) is 1. The number of carbonyl (C=O) groups excluding carboxylic acids is 1. The van der Waals surface area contributed by atoms with E-state index < -0.39 is 0 Å². The first-order valence-electron chi connectivity index (χ1n) is 12.3. The van der Waals surface area contributed by atoms with Crippen molar-refractivity contribution in [1.29, 1.82) is 0 Å². The largest absolute Gasteiger partial charge is 0.497 e. The van der Waals surface area contributed by atoms with Crippen LogP contribution in [0, 0.1) is 5.82 Å². The van der Waals surface area contributed by atoms with E-state index in [4.69, 9.17) is 9.84 Å². The average molecular weight is 497 g/mol. The van der Waals surface area contributed by atoms with Crippen LogP contribution >= 0.6 is 0 Å². The molecule has 37 heavy (non-hydrogen) atoms. The maximum absolute atomic E-state index is 13.7. The van der Waals surface area contributed by atoms with Gasteiger partial charge in [-0.2, -0.15) is 5.10 Å². The van der Waals surface area contributed by atoms with Crippen LogP contribution in [0.25, 0.3) is 23.0 Å². The Morgan fingerprint density at radius 2 is 1.65 bits per heavy atom. The topological polar surface area (TPSA) is 50.6 Å². The highest BCUT2D eigenvalue weighted by Crippen LogP contribution is 2.25. The van der Waals surface area contributed by atoms with E-state index in [9.17, 15) is 9.18 Å². The van der Waals surface area contributed by atoms with E-state index in [1.54, 1.807) is 23.9 Å². The summed E-state index contributed by atoms with van der Waals surface area (Å²) >= 11 is 0. The summed E-state index contributed by atoms with van der Waals surface area (Å²) in [7, 11) is 1.62. The van der Waals surface area contributed by atoms with E-state index in [1.807, 2.05) is 53.4 Å². The van der Waals surface area contributed by atoms with Gasteiger partial charge in [-0.25, -0.2) is 9.07 Å². The molecule has 0 spiro atoms. The molecule has 2 heterocycles. The molecule has 1 saturated heterocycles. The summed E-state index contributed by atoms with van der Waals surface area (Å²) in [6, 6.07) is 25.6. The van der Waals surface area contributed by atoms with E-state index in [0.717, 1.165) is 30.9 Å². The lowest BCUT2D eigenvalue weighted by Gasteiger charge is -2.34. The van der Waals surface area contributed by atoms with Crippen LogP contribution in [-0.4, -0.2) is 65.3 Å². The molecule has 0 aliphatic carbocycles. The number of rotatable bonds is 7. The predicted molar refractivity (Wildman–Crippen MR) is 143 cm³/mol. The molecule has 0 radical (unpaired) electrons. The van der Waals surface area contributed by atoms with E-state index in [1.165, 1.54) is 17.7 Å². The maximum atomic E-state index is 13.7. The van der Waals surface area contributed by atoms with Gasteiger partial charge < -0.3 is 9.64 Å². The Labute approximate surface area is 216 Å². The number of carbonyl (C=O) groups is 1. The smallest absolute Gasteiger partial charge is 0.272 e. The van der Waals surface area contributed by atoms with Crippen LogP contribution in [0.2, 0.25) is 0 Å². The molecule has 0 atom stereocenters. The molecule has 0 bridgehead atoms. The molecule has 7 heteroatoms. The quantitative estimate of drug-likeness (QED) is 0.355. The highest BCUT2D eigenvalue weighted by atomic mass is 19.1. The van der Waals surface area contributed by atoms with Crippen molar-refractivity contribution >= 4 is 12.0 Å². The number of hydrogen-bond acceptors (Lipinski definition) is 4. The van der Waals surface area contributed by atoms with Gasteiger partial charge in [0.05, 0.1) is 18.5 Å². The number of methoxy groups -OCH3 is 1. The Morgan fingerprint density at radius 3 is 2.32 bits per heavy atom. The fourth-order valence-corrected chi connectivity index (χ4v) is 4.41. The second-order valence-electron chi connectivity index (χ2n) is 8.94. The first-order chi connectivity index (χ1) is 18.1. The van der Waals surface area contributed by atoms with Crippen molar-refractivity contribution in [3.63, 3.8) is 0 Å². The predicted octanol–water partition coefficient (Wildman–Crippen LogP) is 5.16. The van der Waals surface area contributed by atoms with Gasteiger partial charge in [0.15, 0.2) is 0 Å². The summed E-state index contributed by atoms with van der Waals surface area (Å²) in [6.07, 6.45) is 4.29. The third-order valence-corrected chi connectivity index (χ3v) is 6.52. The van der Waals surface area contributed by atoms with E-state index >= 15 is 0 Å². The van der Waals surface area contributed by atoms with Crippen molar-refractivity contribution in [3.05, 3.63) is 108 Å². The molecule has 3 aromatic carbocycles. The molecular weight excluding hydrogens is 467 g/mol. The van der Waals surface area contributed by atoms with Crippen LogP contribution in [0.5, 0.6) is 5.75 Å². The summed E-state index contributed by atoms with van der Waals surface area (Å²) in [5.41, 5.74) is 3.80. The van der Waals surface area contributed by atoms with Crippen LogP contribution in [-0.2, 0) is 0 Å².